The van der Waals surface area contributed by atoms with E-state index in [1.807, 2.05) is 55.6 Å². The predicted molar refractivity (Wildman–Crippen MR) is 168 cm³/mol. The molecule has 0 spiro atoms. The first kappa shape index (κ1) is 29.4. The average Bonchev–Trinajstić information content (AvgIpc) is 3.65. The summed E-state index contributed by atoms with van der Waals surface area (Å²) >= 11 is 0. The molecule has 3 aromatic carbocycles. The fraction of sp³-hybridized carbons (Fsp3) is 0.278. The molecule has 0 N–H and O–H groups in total. The molecule has 5 aromatic rings. The molecular formula is C36H37FN4O3. The monoisotopic (exact) mass is 592 g/mol. The number of ether oxygens (including phenoxy) is 3. The van der Waals surface area contributed by atoms with Gasteiger partial charge in [-0.3, -0.25) is 4.90 Å². The van der Waals surface area contributed by atoms with Gasteiger partial charge in [0.2, 0.25) is 12.7 Å². The third-order valence-corrected chi connectivity index (χ3v) is 7.71. The number of imidazole rings is 1. The summed E-state index contributed by atoms with van der Waals surface area (Å²) in [5, 5.41) is 0. The fourth-order valence-electron chi connectivity index (χ4n) is 5.36. The molecule has 2 aromatic heterocycles. The second kappa shape index (κ2) is 13.3. The number of hydrogen-bond donors (Lipinski definition) is 0. The number of pyridine rings is 1. The maximum Gasteiger partial charge on any atom is 0.231 e. The Bertz CT molecular complexity index is 1720. The summed E-state index contributed by atoms with van der Waals surface area (Å²) in [5.41, 5.74) is 6.13. The number of nitrogens with zero attached hydrogens (tertiary/aromatic N) is 4. The predicted octanol–water partition coefficient (Wildman–Crippen LogP) is 8.22. The molecule has 1 aliphatic rings. The van der Waals surface area contributed by atoms with Crippen LogP contribution in [-0.2, 0) is 26.2 Å². The van der Waals surface area contributed by atoms with Crippen LogP contribution in [0.4, 0.5) is 4.39 Å². The Morgan fingerprint density at radius 1 is 0.886 bits per heavy atom. The number of aromatic nitrogens is 3. The van der Waals surface area contributed by atoms with Gasteiger partial charge in [-0.25, -0.2) is 14.4 Å². The van der Waals surface area contributed by atoms with Crippen molar-refractivity contribution >= 4 is 0 Å². The van der Waals surface area contributed by atoms with Gasteiger partial charge in [-0.1, -0.05) is 43.2 Å². The summed E-state index contributed by atoms with van der Waals surface area (Å²) in [5.74, 6) is 3.45. The molecule has 6 rings (SSSR count). The lowest BCUT2D eigenvalue weighted by molar-refractivity contribution is 0.174. The Morgan fingerprint density at radius 3 is 2.48 bits per heavy atom. The van der Waals surface area contributed by atoms with Crippen LogP contribution in [0, 0.1) is 19.7 Å². The molecular weight excluding hydrogens is 555 g/mol. The second-order valence-electron chi connectivity index (χ2n) is 11.3. The Hall–Kier alpha value is -4.69. The van der Waals surface area contributed by atoms with E-state index in [0.29, 0.717) is 25.5 Å². The Labute approximate surface area is 257 Å². The lowest BCUT2D eigenvalue weighted by atomic mass is 10.1. The van der Waals surface area contributed by atoms with Crippen LogP contribution < -0.4 is 14.2 Å². The zero-order valence-electron chi connectivity index (χ0n) is 25.4. The number of halogens is 1. The van der Waals surface area contributed by atoms with Gasteiger partial charge in [-0.05, 0) is 80.4 Å². The number of hydrogen-bond acceptors (Lipinski definition) is 6. The third kappa shape index (κ3) is 6.92. The first-order valence-corrected chi connectivity index (χ1v) is 15.1. The molecule has 0 bridgehead atoms. The van der Waals surface area contributed by atoms with E-state index in [9.17, 15) is 4.39 Å². The molecule has 44 heavy (non-hydrogen) atoms. The molecule has 0 amide bonds. The number of fused-ring (bicyclic) bond motifs is 1. The molecule has 1 aliphatic heterocycles. The zero-order chi connectivity index (χ0) is 30.5. The summed E-state index contributed by atoms with van der Waals surface area (Å²) in [4.78, 5) is 12.0. The van der Waals surface area contributed by atoms with E-state index in [1.54, 1.807) is 12.1 Å². The second-order valence-corrected chi connectivity index (χ2v) is 11.3. The molecule has 8 heteroatoms. The molecule has 0 saturated carbocycles. The molecule has 0 aliphatic carbocycles. The number of rotatable bonds is 12. The minimum Gasteiger partial charge on any atom is -0.454 e. The molecule has 3 heterocycles. The van der Waals surface area contributed by atoms with Crippen LogP contribution in [0.5, 0.6) is 23.1 Å². The Kier molecular flexibility index (Phi) is 8.89. The van der Waals surface area contributed by atoms with Gasteiger partial charge >= 0.3 is 0 Å². The van der Waals surface area contributed by atoms with Crippen LogP contribution in [0.15, 0.2) is 85.1 Å². The van der Waals surface area contributed by atoms with Crippen molar-refractivity contribution in [2.75, 3.05) is 6.79 Å². The van der Waals surface area contributed by atoms with Crippen molar-refractivity contribution in [3.05, 3.63) is 119 Å². The van der Waals surface area contributed by atoms with Crippen molar-refractivity contribution in [1.82, 2.24) is 19.4 Å². The molecule has 0 saturated heterocycles. The van der Waals surface area contributed by atoms with Crippen LogP contribution in [0.1, 0.15) is 47.8 Å². The SMILES string of the molecule is CCCCn1c(CN(Cc2ccc3c(c2)OCO3)Cc2ccc(C)nc2Oc2ccc(C)cc2)cnc1-c1ccc(F)cc1. The number of benzene rings is 3. The summed E-state index contributed by atoms with van der Waals surface area (Å²) in [6.07, 6.45) is 4.00. The Balaban J connectivity index is 1.34. The minimum atomic E-state index is -0.258. The van der Waals surface area contributed by atoms with E-state index in [0.717, 1.165) is 70.5 Å². The highest BCUT2D eigenvalue weighted by atomic mass is 19.1. The topological polar surface area (TPSA) is 61.6 Å². The van der Waals surface area contributed by atoms with Crippen LogP contribution >= 0.6 is 0 Å². The average molecular weight is 593 g/mol. The zero-order valence-corrected chi connectivity index (χ0v) is 25.4. The van der Waals surface area contributed by atoms with Crippen molar-refractivity contribution in [3.63, 3.8) is 0 Å². The first-order valence-electron chi connectivity index (χ1n) is 15.1. The Morgan fingerprint density at radius 2 is 1.68 bits per heavy atom. The standard InChI is InChI=1S/C36H37FN4O3/c1-4-5-18-41-31(20-38-35(41)28-11-13-30(37)14-12-28)23-40(21-27-9-17-33-34(19-27)43-24-42-33)22-29-10-8-26(3)39-36(29)44-32-15-6-25(2)7-16-32/h6-17,19-20H,4-5,18,21-24H2,1-3H3. The van der Waals surface area contributed by atoms with Gasteiger partial charge in [0.15, 0.2) is 11.5 Å². The summed E-state index contributed by atoms with van der Waals surface area (Å²) < 4.78 is 33.6. The van der Waals surface area contributed by atoms with E-state index < -0.39 is 0 Å². The quantitative estimate of drug-likeness (QED) is 0.145. The van der Waals surface area contributed by atoms with Gasteiger partial charge in [0, 0.05) is 43.0 Å². The smallest absolute Gasteiger partial charge is 0.231 e. The van der Waals surface area contributed by atoms with E-state index in [1.165, 1.54) is 17.7 Å². The molecule has 0 atom stereocenters. The van der Waals surface area contributed by atoms with E-state index in [-0.39, 0.29) is 12.6 Å². The van der Waals surface area contributed by atoms with Crippen LogP contribution in [0.2, 0.25) is 0 Å². The molecule has 0 radical (unpaired) electrons. The van der Waals surface area contributed by atoms with Crippen LogP contribution in [-0.4, -0.2) is 26.2 Å². The van der Waals surface area contributed by atoms with Gasteiger partial charge in [0.1, 0.15) is 17.4 Å². The molecule has 0 unspecified atom stereocenters. The van der Waals surface area contributed by atoms with Gasteiger partial charge in [0.05, 0.1) is 11.9 Å². The van der Waals surface area contributed by atoms with Crippen molar-refractivity contribution in [2.45, 2.75) is 59.8 Å². The van der Waals surface area contributed by atoms with Gasteiger partial charge in [0.25, 0.3) is 0 Å². The van der Waals surface area contributed by atoms with Gasteiger partial charge in [-0.2, -0.15) is 0 Å². The molecule has 7 nitrogen and oxygen atoms in total. The van der Waals surface area contributed by atoms with Crippen LogP contribution in [0.25, 0.3) is 11.4 Å². The van der Waals surface area contributed by atoms with E-state index in [2.05, 4.69) is 35.4 Å². The lowest BCUT2D eigenvalue weighted by Gasteiger charge is -2.25. The number of unbranched alkanes of at least 4 members (excludes halogenated alkanes) is 1. The van der Waals surface area contributed by atoms with E-state index >= 15 is 0 Å². The van der Waals surface area contributed by atoms with Crippen molar-refractivity contribution in [3.8, 4) is 34.5 Å². The molecule has 226 valence electrons. The molecule has 0 fully saturated rings. The van der Waals surface area contributed by atoms with Gasteiger partial charge < -0.3 is 18.8 Å². The van der Waals surface area contributed by atoms with Crippen molar-refractivity contribution < 1.29 is 18.6 Å². The summed E-state index contributed by atoms with van der Waals surface area (Å²) in [7, 11) is 0. The first-order chi connectivity index (χ1) is 21.4. The highest BCUT2D eigenvalue weighted by Gasteiger charge is 2.20. The van der Waals surface area contributed by atoms with Gasteiger partial charge in [-0.15, -0.1) is 0 Å². The fourth-order valence-corrected chi connectivity index (χ4v) is 5.36. The lowest BCUT2D eigenvalue weighted by Crippen LogP contribution is -2.24. The van der Waals surface area contributed by atoms with Crippen molar-refractivity contribution in [2.24, 2.45) is 0 Å². The normalized spacial score (nSPS) is 12.2. The summed E-state index contributed by atoms with van der Waals surface area (Å²) in [6, 6.07) is 24.8. The number of aryl methyl sites for hydroxylation is 2. The van der Waals surface area contributed by atoms with E-state index in [4.69, 9.17) is 24.2 Å². The summed E-state index contributed by atoms with van der Waals surface area (Å²) in [6.45, 7) is 9.14. The largest absolute Gasteiger partial charge is 0.454 e. The van der Waals surface area contributed by atoms with Crippen molar-refractivity contribution in [1.29, 1.82) is 0 Å². The maximum atomic E-state index is 13.7. The third-order valence-electron chi connectivity index (χ3n) is 7.71. The highest BCUT2D eigenvalue weighted by Crippen LogP contribution is 2.34. The highest BCUT2D eigenvalue weighted by molar-refractivity contribution is 5.56. The van der Waals surface area contributed by atoms with Crippen LogP contribution in [0.3, 0.4) is 0 Å². The minimum absolute atomic E-state index is 0.236. The maximum absolute atomic E-state index is 13.7.